The smallest absolute Gasteiger partial charge is 0.169 e. The first-order valence-corrected chi connectivity index (χ1v) is 5.52. The summed E-state index contributed by atoms with van der Waals surface area (Å²) in [6.07, 6.45) is 0. The first kappa shape index (κ1) is 11.8. The molecule has 1 aromatic heterocycles. The van der Waals surface area contributed by atoms with Gasteiger partial charge in [-0.15, -0.1) is 0 Å². The minimum Gasteiger partial charge on any atom is -0.453 e. The molecule has 0 aliphatic rings. The van der Waals surface area contributed by atoms with E-state index < -0.39 is 0 Å². The molecule has 0 saturated heterocycles. The Kier molecular flexibility index (Phi) is 4.65. The molecule has 2 N–H and O–H groups in total. The Morgan fingerprint density at radius 1 is 1.50 bits per heavy atom. The molecule has 14 heavy (non-hydrogen) atoms. The summed E-state index contributed by atoms with van der Waals surface area (Å²) >= 11 is 3.26. The molecule has 3 nitrogen and oxygen atoms in total. The van der Waals surface area contributed by atoms with Gasteiger partial charge in [0.05, 0.1) is 6.04 Å². The lowest BCUT2D eigenvalue weighted by atomic mass is 10.2. The number of hydrogen-bond donors (Lipinski definition) is 2. The average molecular weight is 262 g/mol. The van der Waals surface area contributed by atoms with Crippen LogP contribution in [0.5, 0.6) is 0 Å². The van der Waals surface area contributed by atoms with E-state index in [0.717, 1.165) is 17.0 Å². The molecular weight excluding hydrogens is 246 g/mol. The number of hydrogen-bond acceptors (Lipinski definition) is 3. The second kappa shape index (κ2) is 5.53. The second-order valence-electron chi connectivity index (χ2n) is 3.56. The van der Waals surface area contributed by atoms with Gasteiger partial charge in [0.25, 0.3) is 0 Å². The molecule has 0 amide bonds. The fourth-order valence-electron chi connectivity index (χ4n) is 1.10. The topological polar surface area (TPSA) is 45.4 Å². The van der Waals surface area contributed by atoms with E-state index in [1.165, 1.54) is 0 Å². The molecule has 4 heteroatoms. The largest absolute Gasteiger partial charge is 0.453 e. The Balaban J connectivity index is 2.39. The van der Waals surface area contributed by atoms with Gasteiger partial charge in [0.1, 0.15) is 5.76 Å². The van der Waals surface area contributed by atoms with Crippen LogP contribution in [-0.4, -0.2) is 18.3 Å². The number of aliphatic hydroxyl groups excluding tert-OH is 1. The third-order valence-electron chi connectivity index (χ3n) is 2.10. The maximum absolute atomic E-state index is 8.85. The molecule has 0 saturated carbocycles. The Labute approximate surface area is 92.6 Å². The molecule has 0 fully saturated rings. The fraction of sp³-hybridized carbons (Fsp3) is 0.600. The summed E-state index contributed by atoms with van der Waals surface area (Å²) in [6, 6.07) is 3.99. The molecule has 2 unspecified atom stereocenters. The Hall–Kier alpha value is -0.320. The Bertz CT molecular complexity index is 275. The second-order valence-corrected chi connectivity index (χ2v) is 4.34. The number of nitrogens with one attached hydrogen (secondary N) is 1. The summed E-state index contributed by atoms with van der Waals surface area (Å²) in [5.74, 6) is 1.18. The summed E-state index contributed by atoms with van der Waals surface area (Å²) in [5, 5.41) is 12.1. The van der Waals surface area contributed by atoms with Crippen LogP contribution in [0.15, 0.2) is 21.2 Å². The van der Waals surface area contributed by atoms with Crippen molar-refractivity contribution in [3.8, 4) is 0 Å². The maximum Gasteiger partial charge on any atom is 0.169 e. The highest BCUT2D eigenvalue weighted by Gasteiger charge is 2.10. The number of aliphatic hydroxyl groups is 1. The number of halogens is 1. The highest BCUT2D eigenvalue weighted by molar-refractivity contribution is 9.10. The number of furan rings is 1. The van der Waals surface area contributed by atoms with Crippen LogP contribution in [0.25, 0.3) is 0 Å². The molecule has 1 rings (SSSR count). The molecule has 2 atom stereocenters. The molecule has 0 bridgehead atoms. The van der Waals surface area contributed by atoms with E-state index in [2.05, 4.69) is 21.2 Å². The summed E-state index contributed by atoms with van der Waals surface area (Å²) in [4.78, 5) is 0. The van der Waals surface area contributed by atoms with E-state index in [1.807, 2.05) is 26.0 Å². The molecule has 1 heterocycles. The van der Waals surface area contributed by atoms with Crippen molar-refractivity contribution in [2.24, 2.45) is 5.92 Å². The van der Waals surface area contributed by atoms with Gasteiger partial charge in [-0.25, -0.2) is 0 Å². The lowest BCUT2D eigenvalue weighted by Gasteiger charge is -2.14. The van der Waals surface area contributed by atoms with Gasteiger partial charge in [-0.1, -0.05) is 6.92 Å². The average Bonchev–Trinajstić information content (AvgIpc) is 2.60. The quantitative estimate of drug-likeness (QED) is 0.856. The van der Waals surface area contributed by atoms with Gasteiger partial charge in [-0.3, -0.25) is 0 Å². The van der Waals surface area contributed by atoms with Crippen molar-refractivity contribution in [1.29, 1.82) is 0 Å². The van der Waals surface area contributed by atoms with Gasteiger partial charge in [0.15, 0.2) is 4.67 Å². The lowest BCUT2D eigenvalue weighted by Crippen LogP contribution is -2.25. The predicted octanol–water partition coefficient (Wildman–Crippen LogP) is 2.32. The van der Waals surface area contributed by atoms with Gasteiger partial charge in [-0.2, -0.15) is 0 Å². The van der Waals surface area contributed by atoms with Crippen molar-refractivity contribution in [3.05, 3.63) is 22.6 Å². The first-order chi connectivity index (χ1) is 6.63. The predicted molar refractivity (Wildman–Crippen MR) is 59.1 cm³/mol. The van der Waals surface area contributed by atoms with E-state index in [-0.39, 0.29) is 18.6 Å². The van der Waals surface area contributed by atoms with Crippen molar-refractivity contribution < 1.29 is 9.52 Å². The summed E-state index contributed by atoms with van der Waals surface area (Å²) < 4.78 is 6.15. The van der Waals surface area contributed by atoms with Crippen molar-refractivity contribution in [3.63, 3.8) is 0 Å². The molecule has 0 radical (unpaired) electrons. The van der Waals surface area contributed by atoms with Crippen LogP contribution in [0.3, 0.4) is 0 Å². The maximum atomic E-state index is 8.85. The van der Waals surface area contributed by atoms with Crippen LogP contribution < -0.4 is 5.32 Å². The van der Waals surface area contributed by atoms with Gasteiger partial charge < -0.3 is 14.8 Å². The normalized spacial score (nSPS) is 15.4. The molecule has 0 aromatic carbocycles. The zero-order valence-corrected chi connectivity index (χ0v) is 10.0. The molecular formula is C10H16BrNO2. The van der Waals surface area contributed by atoms with Gasteiger partial charge in [-0.05, 0) is 40.9 Å². The monoisotopic (exact) mass is 261 g/mol. The fourth-order valence-corrected chi connectivity index (χ4v) is 1.42. The van der Waals surface area contributed by atoms with Crippen molar-refractivity contribution in [1.82, 2.24) is 5.32 Å². The van der Waals surface area contributed by atoms with Crippen LogP contribution in [0.4, 0.5) is 0 Å². The first-order valence-electron chi connectivity index (χ1n) is 4.73. The van der Waals surface area contributed by atoms with E-state index >= 15 is 0 Å². The highest BCUT2D eigenvalue weighted by Crippen LogP contribution is 2.19. The summed E-state index contributed by atoms with van der Waals surface area (Å²) in [6.45, 7) is 5.03. The molecule has 0 aliphatic heterocycles. The van der Waals surface area contributed by atoms with E-state index in [4.69, 9.17) is 9.52 Å². The minimum absolute atomic E-state index is 0.176. The van der Waals surface area contributed by atoms with Crippen LogP contribution in [0, 0.1) is 5.92 Å². The third kappa shape index (κ3) is 3.44. The van der Waals surface area contributed by atoms with Gasteiger partial charge in [0, 0.05) is 13.2 Å². The van der Waals surface area contributed by atoms with Crippen molar-refractivity contribution in [2.75, 3.05) is 13.2 Å². The van der Waals surface area contributed by atoms with Gasteiger partial charge >= 0.3 is 0 Å². The zero-order valence-electron chi connectivity index (χ0n) is 8.46. The van der Waals surface area contributed by atoms with Crippen LogP contribution in [0.2, 0.25) is 0 Å². The lowest BCUT2D eigenvalue weighted by molar-refractivity contribution is 0.229. The van der Waals surface area contributed by atoms with E-state index in [1.54, 1.807) is 0 Å². The van der Waals surface area contributed by atoms with Gasteiger partial charge in [0.2, 0.25) is 0 Å². The SMILES string of the molecule is CC(CO)CNC(C)c1ccc(Br)o1. The summed E-state index contributed by atoms with van der Waals surface area (Å²) in [7, 11) is 0. The van der Waals surface area contributed by atoms with Crippen LogP contribution in [0.1, 0.15) is 25.6 Å². The third-order valence-corrected chi connectivity index (χ3v) is 2.53. The Morgan fingerprint density at radius 2 is 2.21 bits per heavy atom. The molecule has 0 aliphatic carbocycles. The minimum atomic E-state index is 0.176. The molecule has 0 spiro atoms. The Morgan fingerprint density at radius 3 is 2.71 bits per heavy atom. The van der Waals surface area contributed by atoms with Crippen molar-refractivity contribution in [2.45, 2.75) is 19.9 Å². The van der Waals surface area contributed by atoms with Crippen molar-refractivity contribution >= 4 is 15.9 Å². The summed E-state index contributed by atoms with van der Waals surface area (Å²) in [5.41, 5.74) is 0. The van der Waals surface area contributed by atoms with E-state index in [9.17, 15) is 0 Å². The molecule has 1 aromatic rings. The van der Waals surface area contributed by atoms with Crippen LogP contribution >= 0.6 is 15.9 Å². The molecule has 80 valence electrons. The number of rotatable bonds is 5. The standard InChI is InChI=1S/C10H16BrNO2/c1-7(6-13)5-12-8(2)9-3-4-10(11)14-9/h3-4,7-8,12-13H,5-6H2,1-2H3. The van der Waals surface area contributed by atoms with E-state index in [0.29, 0.717) is 0 Å². The van der Waals surface area contributed by atoms with Crippen LogP contribution in [-0.2, 0) is 0 Å². The highest BCUT2D eigenvalue weighted by atomic mass is 79.9. The zero-order chi connectivity index (χ0) is 10.6.